The van der Waals surface area contributed by atoms with Gasteiger partial charge in [0.1, 0.15) is 6.10 Å². The van der Waals surface area contributed by atoms with E-state index in [0.29, 0.717) is 6.04 Å². The van der Waals surface area contributed by atoms with Crippen LogP contribution in [0.3, 0.4) is 0 Å². The summed E-state index contributed by atoms with van der Waals surface area (Å²) in [6, 6.07) is 14.9. The molecule has 1 N–H and O–H groups in total. The molecule has 1 saturated heterocycles. The summed E-state index contributed by atoms with van der Waals surface area (Å²) < 4.78 is 6.21. The zero-order valence-corrected chi connectivity index (χ0v) is 10.7. The molecule has 1 aliphatic heterocycles. The van der Waals surface area contributed by atoms with E-state index in [4.69, 9.17) is 4.74 Å². The van der Waals surface area contributed by atoms with Gasteiger partial charge in [-0.2, -0.15) is 0 Å². The summed E-state index contributed by atoms with van der Waals surface area (Å²) in [4.78, 5) is 5.50. The number of nitrogens with zero attached hydrogens (tertiary/aromatic N) is 1. The van der Waals surface area contributed by atoms with Crippen LogP contribution in [0.25, 0.3) is 0 Å². The molecule has 0 amide bonds. The lowest BCUT2D eigenvalue weighted by Crippen LogP contribution is -2.27. The van der Waals surface area contributed by atoms with Crippen molar-refractivity contribution in [2.24, 2.45) is 0 Å². The van der Waals surface area contributed by atoms with Crippen LogP contribution in [0, 0.1) is 0 Å². The van der Waals surface area contributed by atoms with Gasteiger partial charge in [0.15, 0.2) is 6.23 Å². The fourth-order valence-electron chi connectivity index (χ4n) is 2.57. The summed E-state index contributed by atoms with van der Waals surface area (Å²) in [5.41, 5.74) is 2.36. The van der Waals surface area contributed by atoms with Crippen LogP contribution in [0.5, 0.6) is 0 Å². The Bertz CT molecular complexity index is 494. The lowest BCUT2D eigenvalue weighted by molar-refractivity contribution is 0.00304. The largest absolute Gasteiger partial charge is 0.362 e. The van der Waals surface area contributed by atoms with Gasteiger partial charge in [0.05, 0.1) is 5.69 Å². The molecule has 3 nitrogen and oxygen atoms in total. The third-order valence-corrected chi connectivity index (χ3v) is 3.74. The SMILES string of the molecule is C[C@@H]1[C@@H](c2ccccc2)OC(c2ccc[nH]2)N1C. The van der Waals surface area contributed by atoms with Crippen LogP contribution in [0.1, 0.15) is 30.5 Å². The van der Waals surface area contributed by atoms with Crippen molar-refractivity contribution in [3.63, 3.8) is 0 Å². The summed E-state index contributed by atoms with van der Waals surface area (Å²) in [6.07, 6.45) is 2.08. The molecule has 1 aliphatic rings. The van der Waals surface area contributed by atoms with Crippen molar-refractivity contribution >= 4 is 0 Å². The zero-order valence-electron chi connectivity index (χ0n) is 10.7. The van der Waals surface area contributed by atoms with E-state index in [0.717, 1.165) is 5.69 Å². The molecule has 1 unspecified atom stereocenters. The van der Waals surface area contributed by atoms with E-state index in [2.05, 4.69) is 54.2 Å². The Hall–Kier alpha value is -1.58. The predicted molar refractivity (Wildman–Crippen MR) is 71.0 cm³/mol. The van der Waals surface area contributed by atoms with Crippen molar-refractivity contribution in [2.75, 3.05) is 7.05 Å². The lowest BCUT2D eigenvalue weighted by Gasteiger charge is -2.20. The molecule has 1 fully saturated rings. The molecule has 3 atom stereocenters. The smallest absolute Gasteiger partial charge is 0.152 e. The molecule has 1 aromatic carbocycles. The maximum atomic E-state index is 6.21. The predicted octanol–water partition coefficient (Wildman–Crippen LogP) is 3.11. The molecule has 3 heteroatoms. The third-order valence-electron chi connectivity index (χ3n) is 3.74. The summed E-state index contributed by atoms with van der Waals surface area (Å²) in [5, 5.41) is 0. The molecular weight excluding hydrogens is 224 g/mol. The van der Waals surface area contributed by atoms with Gasteiger partial charge in [-0.3, -0.25) is 4.90 Å². The molecule has 0 aliphatic carbocycles. The molecule has 0 radical (unpaired) electrons. The quantitative estimate of drug-likeness (QED) is 0.876. The minimum Gasteiger partial charge on any atom is -0.362 e. The Kier molecular flexibility index (Phi) is 2.94. The summed E-state index contributed by atoms with van der Waals surface area (Å²) in [5.74, 6) is 0. The highest BCUT2D eigenvalue weighted by atomic mass is 16.5. The second kappa shape index (κ2) is 4.59. The first-order chi connectivity index (χ1) is 8.77. The molecule has 94 valence electrons. The van der Waals surface area contributed by atoms with E-state index in [9.17, 15) is 0 Å². The van der Waals surface area contributed by atoms with Crippen LogP contribution in [-0.2, 0) is 4.74 Å². The standard InChI is InChI=1S/C15H18N2O/c1-11-14(12-7-4-3-5-8-12)18-15(17(11)2)13-9-6-10-16-13/h3-11,14-16H,1-2H3/t11-,14+,15?/m1/s1. The van der Waals surface area contributed by atoms with Crippen LogP contribution in [0.4, 0.5) is 0 Å². The number of likely N-dealkylation sites (N-methyl/N-ethyl adjacent to an activating group) is 1. The fraction of sp³-hybridized carbons (Fsp3) is 0.333. The van der Waals surface area contributed by atoms with Gasteiger partial charge in [-0.25, -0.2) is 0 Å². The van der Waals surface area contributed by atoms with Crippen LogP contribution in [-0.4, -0.2) is 23.0 Å². The molecule has 18 heavy (non-hydrogen) atoms. The maximum absolute atomic E-state index is 6.21. The number of hydrogen-bond donors (Lipinski definition) is 1. The topological polar surface area (TPSA) is 28.3 Å². The highest BCUT2D eigenvalue weighted by molar-refractivity contribution is 5.21. The minimum absolute atomic E-state index is 0.0141. The normalized spacial score (nSPS) is 28.7. The van der Waals surface area contributed by atoms with Crippen molar-refractivity contribution in [3.8, 4) is 0 Å². The van der Waals surface area contributed by atoms with Gasteiger partial charge in [-0.05, 0) is 31.7 Å². The zero-order chi connectivity index (χ0) is 12.5. The molecule has 0 saturated carbocycles. The van der Waals surface area contributed by atoms with Crippen LogP contribution in [0.15, 0.2) is 48.7 Å². The van der Waals surface area contributed by atoms with Crippen molar-refractivity contribution in [3.05, 3.63) is 59.9 Å². The van der Waals surface area contributed by atoms with E-state index in [1.165, 1.54) is 5.56 Å². The number of rotatable bonds is 2. The highest BCUT2D eigenvalue weighted by Gasteiger charge is 2.38. The molecule has 0 bridgehead atoms. The summed E-state index contributed by atoms with van der Waals surface area (Å²) >= 11 is 0. The van der Waals surface area contributed by atoms with Crippen molar-refractivity contribution in [1.29, 1.82) is 0 Å². The number of benzene rings is 1. The molecule has 0 spiro atoms. The molecule has 1 aromatic heterocycles. The Morgan fingerprint density at radius 1 is 1.11 bits per heavy atom. The van der Waals surface area contributed by atoms with Crippen molar-refractivity contribution in [2.45, 2.75) is 25.3 Å². The Morgan fingerprint density at radius 3 is 2.56 bits per heavy atom. The summed E-state index contributed by atoms with van der Waals surface area (Å²) in [6.45, 7) is 2.21. The fourth-order valence-corrected chi connectivity index (χ4v) is 2.57. The number of H-pyrrole nitrogens is 1. The lowest BCUT2D eigenvalue weighted by atomic mass is 10.0. The van der Waals surface area contributed by atoms with E-state index in [1.807, 2.05) is 18.3 Å². The average molecular weight is 242 g/mol. The minimum atomic E-state index is 0.0141. The monoisotopic (exact) mass is 242 g/mol. The van der Waals surface area contributed by atoms with E-state index in [-0.39, 0.29) is 12.3 Å². The third kappa shape index (κ3) is 1.85. The van der Waals surface area contributed by atoms with E-state index < -0.39 is 0 Å². The first-order valence-electron chi connectivity index (χ1n) is 6.33. The maximum Gasteiger partial charge on any atom is 0.152 e. The van der Waals surface area contributed by atoms with Gasteiger partial charge >= 0.3 is 0 Å². The van der Waals surface area contributed by atoms with Crippen LogP contribution >= 0.6 is 0 Å². The Labute approximate surface area is 107 Å². The number of aromatic nitrogens is 1. The van der Waals surface area contributed by atoms with Gasteiger partial charge in [0, 0.05) is 12.2 Å². The van der Waals surface area contributed by atoms with Crippen LogP contribution < -0.4 is 0 Å². The Morgan fingerprint density at radius 2 is 1.89 bits per heavy atom. The van der Waals surface area contributed by atoms with Gasteiger partial charge in [0.25, 0.3) is 0 Å². The second-order valence-corrected chi connectivity index (χ2v) is 4.85. The van der Waals surface area contributed by atoms with Crippen molar-refractivity contribution in [1.82, 2.24) is 9.88 Å². The van der Waals surface area contributed by atoms with Crippen LogP contribution in [0.2, 0.25) is 0 Å². The number of ether oxygens (including phenoxy) is 1. The molecule has 2 aromatic rings. The number of hydrogen-bond acceptors (Lipinski definition) is 2. The molecule has 2 heterocycles. The molecule has 3 rings (SSSR count). The molecular formula is C15H18N2O. The highest BCUT2D eigenvalue weighted by Crippen LogP contribution is 2.40. The van der Waals surface area contributed by atoms with E-state index >= 15 is 0 Å². The number of aromatic amines is 1. The van der Waals surface area contributed by atoms with Crippen molar-refractivity contribution < 1.29 is 4.74 Å². The van der Waals surface area contributed by atoms with Gasteiger partial charge < -0.3 is 9.72 Å². The summed E-state index contributed by atoms with van der Waals surface area (Å²) in [7, 11) is 2.11. The number of nitrogens with one attached hydrogen (secondary N) is 1. The van der Waals surface area contributed by atoms with E-state index in [1.54, 1.807) is 0 Å². The Balaban J connectivity index is 1.87. The van der Waals surface area contributed by atoms with Gasteiger partial charge in [-0.1, -0.05) is 30.3 Å². The van der Waals surface area contributed by atoms with Gasteiger partial charge in [0.2, 0.25) is 0 Å². The average Bonchev–Trinajstić information content (AvgIpc) is 3.01. The second-order valence-electron chi connectivity index (χ2n) is 4.85. The first-order valence-corrected chi connectivity index (χ1v) is 6.33. The van der Waals surface area contributed by atoms with Gasteiger partial charge in [-0.15, -0.1) is 0 Å². The first kappa shape index (κ1) is 11.5.